The summed E-state index contributed by atoms with van der Waals surface area (Å²) in [6, 6.07) is 5.50. The molecule has 5 fully saturated rings. The van der Waals surface area contributed by atoms with Crippen LogP contribution in [0.25, 0.3) is 11.0 Å². The first kappa shape index (κ1) is 24.2. The van der Waals surface area contributed by atoms with Crippen LogP contribution in [0.4, 0.5) is 4.79 Å². The highest BCUT2D eigenvalue weighted by atomic mass is 16.4. The van der Waals surface area contributed by atoms with Crippen molar-refractivity contribution in [2.45, 2.75) is 63.1 Å². The Kier molecular flexibility index (Phi) is 6.09. The van der Waals surface area contributed by atoms with Gasteiger partial charge < -0.3 is 30.3 Å². The topological polar surface area (TPSA) is 137 Å². The van der Waals surface area contributed by atoms with Gasteiger partial charge in [0.05, 0.1) is 28.9 Å². The summed E-state index contributed by atoms with van der Waals surface area (Å²) in [4.78, 5) is 42.8. The van der Waals surface area contributed by atoms with Crippen molar-refractivity contribution < 1.29 is 24.6 Å². The number of aliphatic carboxylic acids is 1. The van der Waals surface area contributed by atoms with Gasteiger partial charge in [0.25, 0.3) is 5.91 Å². The van der Waals surface area contributed by atoms with Gasteiger partial charge >= 0.3 is 12.0 Å². The number of carbonyl (C=O) groups excluding carboxylic acids is 2. The molecule has 10 nitrogen and oxygen atoms in total. The van der Waals surface area contributed by atoms with Crippen LogP contribution in [0.1, 0.15) is 55.3 Å². The van der Waals surface area contributed by atoms with Crippen LogP contribution in [-0.2, 0) is 11.3 Å². The highest BCUT2D eigenvalue weighted by Gasteiger charge is 2.55. The summed E-state index contributed by atoms with van der Waals surface area (Å²) in [7, 11) is 0. The lowest BCUT2D eigenvalue weighted by atomic mass is 9.52. The molecule has 1 aliphatic heterocycles. The number of amides is 3. The van der Waals surface area contributed by atoms with Gasteiger partial charge in [-0.3, -0.25) is 9.59 Å². The normalized spacial score (nSPS) is 31.0. The van der Waals surface area contributed by atoms with Crippen LogP contribution >= 0.6 is 0 Å². The van der Waals surface area contributed by atoms with Gasteiger partial charge in [-0.25, -0.2) is 9.78 Å². The Labute approximate surface area is 215 Å². The van der Waals surface area contributed by atoms with Gasteiger partial charge in [-0.05, 0) is 80.9 Å². The number of carboxylic acids is 1. The van der Waals surface area contributed by atoms with Gasteiger partial charge in [-0.2, -0.15) is 0 Å². The third-order valence-electron chi connectivity index (χ3n) is 9.18. The van der Waals surface area contributed by atoms with Crippen molar-refractivity contribution in [2.24, 2.45) is 23.7 Å². The lowest BCUT2D eigenvalue weighted by Gasteiger charge is -2.58. The summed E-state index contributed by atoms with van der Waals surface area (Å²) in [5, 5.41) is 26.1. The molecular formula is C27H35N5O5. The molecule has 7 rings (SSSR count). The molecule has 10 heteroatoms. The summed E-state index contributed by atoms with van der Waals surface area (Å²) in [6.07, 6.45) is 7.40. The average Bonchev–Trinajstić information content (AvgIpc) is 3.27. The summed E-state index contributed by atoms with van der Waals surface area (Å²) in [5.74, 6) is 0.0856. The van der Waals surface area contributed by atoms with Gasteiger partial charge in [0.15, 0.2) is 0 Å². The highest BCUT2D eigenvalue weighted by Crippen LogP contribution is 2.55. The smallest absolute Gasteiger partial charge is 0.317 e. The Morgan fingerprint density at radius 1 is 1.08 bits per heavy atom. The van der Waals surface area contributed by atoms with Crippen molar-refractivity contribution in [3.63, 3.8) is 0 Å². The maximum atomic E-state index is 13.1. The monoisotopic (exact) mass is 509 g/mol. The molecule has 3 unspecified atom stereocenters. The number of aromatic nitrogens is 2. The lowest BCUT2D eigenvalue weighted by molar-refractivity contribution is -0.143. The largest absolute Gasteiger partial charge is 0.481 e. The number of likely N-dealkylation sites (tertiary alicyclic amines) is 1. The Balaban J connectivity index is 1.03. The SMILES string of the molecule is O=C(NC1[C@@H]2CC3C[C@H]1CC(O)(C3)C2)c1ccc2c(c1)ncn2CCNC(=O)N1CCC(C(=O)O)CC1. The zero-order chi connectivity index (χ0) is 25.7. The second kappa shape index (κ2) is 9.31. The molecule has 2 aromatic rings. The minimum atomic E-state index is -0.792. The molecule has 37 heavy (non-hydrogen) atoms. The number of carboxylic acid groups (broad SMARTS) is 1. The number of rotatable bonds is 6. The van der Waals surface area contributed by atoms with Gasteiger partial charge in [0, 0.05) is 37.8 Å². The molecule has 1 aromatic heterocycles. The first-order valence-corrected chi connectivity index (χ1v) is 13.5. The van der Waals surface area contributed by atoms with E-state index in [1.165, 1.54) is 0 Å². The first-order chi connectivity index (χ1) is 17.8. The van der Waals surface area contributed by atoms with E-state index in [4.69, 9.17) is 5.11 Å². The Hall–Kier alpha value is -3.14. The Morgan fingerprint density at radius 3 is 2.49 bits per heavy atom. The van der Waals surface area contributed by atoms with Gasteiger partial charge in [-0.15, -0.1) is 0 Å². The van der Waals surface area contributed by atoms with Crippen molar-refractivity contribution in [3.8, 4) is 0 Å². The maximum absolute atomic E-state index is 13.1. The minimum Gasteiger partial charge on any atom is -0.481 e. The van der Waals surface area contributed by atoms with E-state index < -0.39 is 11.6 Å². The number of hydrogen-bond acceptors (Lipinski definition) is 5. The molecule has 5 aliphatic rings. The van der Waals surface area contributed by atoms with E-state index in [-0.39, 0.29) is 23.9 Å². The molecule has 0 radical (unpaired) electrons. The molecule has 5 atom stereocenters. The van der Waals surface area contributed by atoms with Crippen molar-refractivity contribution in [1.82, 2.24) is 25.1 Å². The predicted molar refractivity (Wildman–Crippen MR) is 135 cm³/mol. The number of hydrogen-bond donors (Lipinski definition) is 4. The summed E-state index contributed by atoms with van der Waals surface area (Å²) < 4.78 is 1.95. The van der Waals surface area contributed by atoms with Gasteiger partial charge in [0.2, 0.25) is 0 Å². The van der Waals surface area contributed by atoms with Crippen molar-refractivity contribution in [3.05, 3.63) is 30.1 Å². The maximum Gasteiger partial charge on any atom is 0.317 e. The molecule has 4 N–H and O–H groups in total. The fourth-order valence-corrected chi connectivity index (χ4v) is 7.56. The van der Waals surface area contributed by atoms with Gasteiger partial charge in [0.1, 0.15) is 0 Å². The Morgan fingerprint density at radius 2 is 1.81 bits per heavy atom. The van der Waals surface area contributed by atoms with E-state index in [1.807, 2.05) is 22.8 Å². The molecule has 4 saturated carbocycles. The fourth-order valence-electron chi connectivity index (χ4n) is 7.56. The first-order valence-electron chi connectivity index (χ1n) is 13.5. The van der Waals surface area contributed by atoms with Crippen LogP contribution < -0.4 is 10.6 Å². The number of imidazole rings is 1. The molecule has 1 saturated heterocycles. The quantitative estimate of drug-likeness (QED) is 0.471. The molecular weight excluding hydrogens is 474 g/mol. The summed E-state index contributed by atoms with van der Waals surface area (Å²) >= 11 is 0. The lowest BCUT2D eigenvalue weighted by Crippen LogP contribution is -2.61. The Bertz CT molecular complexity index is 1200. The van der Waals surface area contributed by atoms with Gasteiger partial charge in [-0.1, -0.05) is 0 Å². The van der Waals surface area contributed by atoms with Crippen molar-refractivity contribution >= 4 is 28.9 Å². The summed E-state index contributed by atoms with van der Waals surface area (Å²) in [6.45, 7) is 1.86. The zero-order valence-electron chi connectivity index (χ0n) is 20.9. The molecule has 3 amide bonds. The standard InChI is InChI=1S/C27H35N5O5/c33-24(30-23-19-9-16-10-20(23)14-27(37,12-16)13-19)18-1-2-22-21(11-18)29-15-32(22)8-5-28-26(36)31-6-3-17(4-7-31)25(34)35/h1-2,11,15-17,19-20,23,37H,3-10,12-14H2,(H,28,36)(H,30,33)(H,34,35)/t16?,19-,20+,23?,27?. The number of benzene rings is 1. The number of urea groups is 1. The molecule has 1 aromatic carbocycles. The second-order valence-corrected chi connectivity index (χ2v) is 11.7. The van der Waals surface area contributed by atoms with Crippen LogP contribution in [0.2, 0.25) is 0 Å². The second-order valence-electron chi connectivity index (χ2n) is 11.7. The van der Waals surface area contributed by atoms with E-state index in [9.17, 15) is 19.5 Å². The van der Waals surface area contributed by atoms with Crippen LogP contribution in [0.15, 0.2) is 24.5 Å². The summed E-state index contributed by atoms with van der Waals surface area (Å²) in [5.41, 5.74) is 1.70. The zero-order valence-corrected chi connectivity index (χ0v) is 20.9. The molecule has 0 spiro atoms. The number of piperidine rings is 1. The molecule has 4 bridgehead atoms. The highest BCUT2D eigenvalue weighted by molar-refractivity contribution is 5.97. The van der Waals surface area contributed by atoms with E-state index in [1.54, 1.807) is 11.2 Å². The molecule has 2 heterocycles. The van der Waals surface area contributed by atoms with Crippen LogP contribution in [0.5, 0.6) is 0 Å². The average molecular weight is 510 g/mol. The van der Waals surface area contributed by atoms with Crippen molar-refractivity contribution in [2.75, 3.05) is 19.6 Å². The van der Waals surface area contributed by atoms with Crippen LogP contribution in [0, 0.1) is 23.7 Å². The molecule has 4 aliphatic carbocycles. The van der Waals surface area contributed by atoms with E-state index in [0.717, 1.165) is 43.1 Å². The number of aliphatic hydroxyl groups is 1. The number of nitrogens with zero attached hydrogens (tertiary/aromatic N) is 3. The van der Waals surface area contributed by atoms with Crippen LogP contribution in [-0.4, -0.2) is 73.8 Å². The molecule has 198 valence electrons. The van der Waals surface area contributed by atoms with Crippen LogP contribution in [0.3, 0.4) is 0 Å². The van der Waals surface area contributed by atoms with E-state index in [2.05, 4.69) is 15.6 Å². The number of carbonyl (C=O) groups is 3. The minimum absolute atomic E-state index is 0.0835. The fraction of sp³-hybridized carbons (Fsp3) is 0.630. The number of nitrogens with one attached hydrogen (secondary N) is 2. The predicted octanol–water partition coefficient (Wildman–Crippen LogP) is 2.21. The number of fused-ring (bicyclic) bond motifs is 1. The third kappa shape index (κ3) is 4.67. The van der Waals surface area contributed by atoms with E-state index in [0.29, 0.717) is 62.3 Å². The third-order valence-corrected chi connectivity index (χ3v) is 9.18. The van der Waals surface area contributed by atoms with E-state index >= 15 is 0 Å². The van der Waals surface area contributed by atoms with Crippen molar-refractivity contribution in [1.29, 1.82) is 0 Å².